The first kappa shape index (κ1) is 17.8. The largest absolute Gasteiger partial charge is 0.295 e. The van der Waals surface area contributed by atoms with Gasteiger partial charge in [0.1, 0.15) is 0 Å². The van der Waals surface area contributed by atoms with Crippen LogP contribution in [-0.2, 0) is 14.8 Å². The third-order valence-electron chi connectivity index (χ3n) is 3.62. The van der Waals surface area contributed by atoms with E-state index in [-0.39, 0.29) is 23.6 Å². The highest BCUT2D eigenvalue weighted by Crippen LogP contribution is 2.29. The van der Waals surface area contributed by atoms with Crippen molar-refractivity contribution in [3.05, 3.63) is 46.5 Å². The van der Waals surface area contributed by atoms with E-state index in [0.717, 1.165) is 10.4 Å². The van der Waals surface area contributed by atoms with Crippen LogP contribution in [0.4, 0.5) is 5.69 Å². The number of hydrogen-bond donors (Lipinski definition) is 0. The summed E-state index contributed by atoms with van der Waals surface area (Å²) in [7, 11) is -4.14. The minimum atomic E-state index is -4.14. The average molecular weight is 348 g/mol. The van der Waals surface area contributed by atoms with Crippen molar-refractivity contribution in [1.82, 2.24) is 4.31 Å². The number of nitrogens with zero attached hydrogens (tertiary/aromatic N) is 2. The summed E-state index contributed by atoms with van der Waals surface area (Å²) in [5, 5.41) is 11.2. The first-order chi connectivity index (χ1) is 11.4. The summed E-state index contributed by atoms with van der Waals surface area (Å²) in [5.41, 5.74) is -0.483. The molecule has 1 aliphatic rings. The molecule has 1 aromatic carbocycles. The molecular formula is C16H16N2O5S. The fraction of sp³-hybridized carbons (Fsp3) is 0.312. The summed E-state index contributed by atoms with van der Waals surface area (Å²) >= 11 is 0. The zero-order valence-electron chi connectivity index (χ0n) is 13.0. The van der Waals surface area contributed by atoms with E-state index in [1.165, 1.54) is 30.4 Å². The maximum atomic E-state index is 13.0. The molecule has 1 aromatic rings. The van der Waals surface area contributed by atoms with Crippen LogP contribution < -0.4 is 0 Å². The van der Waals surface area contributed by atoms with Gasteiger partial charge in [-0.05, 0) is 25.5 Å². The van der Waals surface area contributed by atoms with Crippen LogP contribution >= 0.6 is 0 Å². The number of nitro benzene ring substituents is 1. The molecule has 1 atom stereocenters. The summed E-state index contributed by atoms with van der Waals surface area (Å²) in [4.78, 5) is 21.4. The Morgan fingerprint density at radius 3 is 2.67 bits per heavy atom. The molecule has 0 N–H and O–H groups in total. The SMILES string of the molecule is CC#CCN([C@@H]1C=CC(=O)CC1)S(=O)(=O)c1ccccc1[N+](=O)[O-]. The van der Waals surface area contributed by atoms with E-state index in [1.54, 1.807) is 6.92 Å². The van der Waals surface area contributed by atoms with Gasteiger partial charge in [0.05, 0.1) is 11.5 Å². The van der Waals surface area contributed by atoms with Crippen LogP contribution in [-0.4, -0.2) is 36.0 Å². The normalized spacial score (nSPS) is 17.4. The summed E-state index contributed by atoms with van der Waals surface area (Å²) < 4.78 is 27.1. The Morgan fingerprint density at radius 1 is 1.38 bits per heavy atom. The van der Waals surface area contributed by atoms with Gasteiger partial charge >= 0.3 is 0 Å². The minimum absolute atomic E-state index is 0.0733. The molecular weight excluding hydrogens is 332 g/mol. The van der Waals surface area contributed by atoms with Crippen molar-refractivity contribution < 1.29 is 18.1 Å². The third-order valence-corrected chi connectivity index (χ3v) is 5.54. The smallest absolute Gasteiger partial charge is 0.289 e. The summed E-state index contributed by atoms with van der Waals surface area (Å²) in [5.74, 6) is 5.24. The predicted octanol–water partition coefficient (Wildman–Crippen LogP) is 1.90. The minimum Gasteiger partial charge on any atom is -0.295 e. The highest BCUT2D eigenvalue weighted by atomic mass is 32.2. The fourth-order valence-electron chi connectivity index (χ4n) is 2.42. The summed E-state index contributed by atoms with van der Waals surface area (Å²) in [6.07, 6.45) is 3.40. The van der Waals surface area contributed by atoms with Gasteiger partial charge in [0, 0.05) is 18.5 Å². The fourth-order valence-corrected chi connectivity index (χ4v) is 4.09. The zero-order valence-corrected chi connectivity index (χ0v) is 13.8. The molecule has 0 spiro atoms. The Bertz CT molecular complexity index is 849. The predicted molar refractivity (Wildman–Crippen MR) is 87.6 cm³/mol. The number of carbonyl (C=O) groups excluding carboxylic acids is 1. The molecule has 0 unspecified atom stereocenters. The van der Waals surface area contributed by atoms with Crippen molar-refractivity contribution in [3.8, 4) is 11.8 Å². The molecule has 0 radical (unpaired) electrons. The maximum absolute atomic E-state index is 13.0. The number of para-hydroxylation sites is 1. The van der Waals surface area contributed by atoms with Crippen LogP contribution in [0.5, 0.6) is 0 Å². The molecule has 0 heterocycles. The summed E-state index contributed by atoms with van der Waals surface area (Å²) in [6, 6.07) is 4.64. The summed E-state index contributed by atoms with van der Waals surface area (Å²) in [6.45, 7) is 1.48. The topological polar surface area (TPSA) is 97.6 Å². The Balaban J connectivity index is 2.52. The van der Waals surface area contributed by atoms with Gasteiger partial charge in [-0.25, -0.2) is 8.42 Å². The van der Waals surface area contributed by atoms with Gasteiger partial charge < -0.3 is 0 Å². The van der Waals surface area contributed by atoms with Crippen LogP contribution in [0.2, 0.25) is 0 Å². The Morgan fingerprint density at radius 2 is 2.08 bits per heavy atom. The molecule has 0 amide bonds. The van der Waals surface area contributed by atoms with E-state index in [9.17, 15) is 23.3 Å². The average Bonchev–Trinajstić information content (AvgIpc) is 2.56. The van der Waals surface area contributed by atoms with E-state index < -0.39 is 26.7 Å². The van der Waals surface area contributed by atoms with E-state index in [0.29, 0.717) is 6.42 Å². The number of nitro groups is 1. The molecule has 0 saturated heterocycles. The second kappa shape index (κ2) is 7.38. The lowest BCUT2D eigenvalue weighted by Crippen LogP contribution is -2.41. The second-order valence-electron chi connectivity index (χ2n) is 5.13. The molecule has 126 valence electrons. The number of allylic oxidation sites excluding steroid dienone is 1. The van der Waals surface area contributed by atoms with Crippen molar-refractivity contribution in [2.24, 2.45) is 0 Å². The zero-order chi connectivity index (χ0) is 17.7. The Kier molecular flexibility index (Phi) is 5.49. The molecule has 0 bridgehead atoms. The van der Waals surface area contributed by atoms with Gasteiger partial charge in [0.15, 0.2) is 10.7 Å². The van der Waals surface area contributed by atoms with Crippen LogP contribution in [0.3, 0.4) is 0 Å². The van der Waals surface area contributed by atoms with Crippen LogP contribution in [0, 0.1) is 22.0 Å². The van der Waals surface area contributed by atoms with Crippen molar-refractivity contribution in [1.29, 1.82) is 0 Å². The molecule has 2 rings (SSSR count). The quantitative estimate of drug-likeness (QED) is 0.460. The van der Waals surface area contributed by atoms with Crippen LogP contribution in [0.1, 0.15) is 19.8 Å². The van der Waals surface area contributed by atoms with Gasteiger partial charge in [-0.1, -0.05) is 24.1 Å². The molecule has 0 saturated carbocycles. The highest BCUT2D eigenvalue weighted by molar-refractivity contribution is 7.89. The van der Waals surface area contributed by atoms with E-state index in [4.69, 9.17) is 0 Å². The third kappa shape index (κ3) is 3.69. The number of carbonyl (C=O) groups is 1. The van der Waals surface area contributed by atoms with Crippen molar-refractivity contribution in [2.45, 2.75) is 30.7 Å². The van der Waals surface area contributed by atoms with Crippen LogP contribution in [0.25, 0.3) is 0 Å². The first-order valence-electron chi connectivity index (χ1n) is 7.24. The van der Waals surface area contributed by atoms with Gasteiger partial charge in [-0.2, -0.15) is 4.31 Å². The number of hydrogen-bond acceptors (Lipinski definition) is 5. The van der Waals surface area contributed by atoms with E-state index in [1.807, 2.05) is 0 Å². The standard InChI is InChI=1S/C16H16N2O5S/c1-2-3-12-17(13-8-10-14(19)11-9-13)24(22,23)16-7-5-4-6-15(16)18(20)21/h4-8,10,13H,9,11-12H2,1H3/t13-/m1/s1. The lowest BCUT2D eigenvalue weighted by molar-refractivity contribution is -0.387. The van der Waals surface area contributed by atoms with Gasteiger partial charge in [-0.3, -0.25) is 14.9 Å². The maximum Gasteiger partial charge on any atom is 0.289 e. The highest BCUT2D eigenvalue weighted by Gasteiger charge is 2.35. The van der Waals surface area contributed by atoms with E-state index >= 15 is 0 Å². The van der Waals surface area contributed by atoms with Gasteiger partial charge in [0.2, 0.25) is 0 Å². The first-order valence-corrected chi connectivity index (χ1v) is 8.68. The molecule has 1 aliphatic carbocycles. The Labute approximate surface area is 140 Å². The lowest BCUT2D eigenvalue weighted by atomic mass is 10.0. The Hall–Kier alpha value is -2.50. The molecule has 0 fully saturated rings. The number of benzene rings is 1. The van der Waals surface area contributed by atoms with E-state index in [2.05, 4.69) is 11.8 Å². The van der Waals surface area contributed by atoms with Gasteiger partial charge in [0.25, 0.3) is 15.7 Å². The molecule has 8 heteroatoms. The number of sulfonamides is 1. The molecule has 24 heavy (non-hydrogen) atoms. The lowest BCUT2D eigenvalue weighted by Gasteiger charge is -2.28. The molecule has 7 nitrogen and oxygen atoms in total. The second-order valence-corrected chi connectivity index (χ2v) is 6.99. The number of rotatable bonds is 5. The van der Waals surface area contributed by atoms with Crippen molar-refractivity contribution >= 4 is 21.5 Å². The van der Waals surface area contributed by atoms with Crippen molar-refractivity contribution in [2.75, 3.05) is 6.54 Å². The van der Waals surface area contributed by atoms with Gasteiger partial charge in [-0.15, -0.1) is 5.92 Å². The molecule has 0 aromatic heterocycles. The van der Waals surface area contributed by atoms with Crippen molar-refractivity contribution in [3.63, 3.8) is 0 Å². The molecule has 0 aliphatic heterocycles. The number of ketones is 1. The van der Waals surface area contributed by atoms with Crippen LogP contribution in [0.15, 0.2) is 41.3 Å². The monoisotopic (exact) mass is 348 g/mol.